The minimum atomic E-state index is -0.890. The topological polar surface area (TPSA) is 83.7 Å². The number of likely N-dealkylation sites (N-methyl/N-ethyl adjacent to an activating group) is 1. The van der Waals surface area contributed by atoms with E-state index in [9.17, 15) is 14.9 Å². The Hall–Kier alpha value is -3.43. The second kappa shape index (κ2) is 9.16. The predicted molar refractivity (Wildman–Crippen MR) is 99.5 cm³/mol. The van der Waals surface area contributed by atoms with Crippen LogP contribution in [0.2, 0.25) is 0 Å². The van der Waals surface area contributed by atoms with Gasteiger partial charge in [0.25, 0.3) is 5.69 Å². The van der Waals surface area contributed by atoms with Crippen molar-refractivity contribution in [2.24, 2.45) is 0 Å². The van der Waals surface area contributed by atoms with Crippen molar-refractivity contribution in [1.82, 2.24) is 4.90 Å². The number of non-ortho nitro benzene ring substituents is 1. The third kappa shape index (κ3) is 5.89. The highest BCUT2D eigenvalue weighted by molar-refractivity contribution is 5.79. The van der Waals surface area contributed by atoms with Crippen molar-refractivity contribution >= 4 is 17.2 Å². The van der Waals surface area contributed by atoms with Gasteiger partial charge in [-0.15, -0.1) is 0 Å². The van der Waals surface area contributed by atoms with Crippen LogP contribution in [0.3, 0.4) is 0 Å². The van der Waals surface area contributed by atoms with E-state index in [-0.39, 0.29) is 12.2 Å². The Kier molecular flexibility index (Phi) is 6.66. The monoisotopic (exact) mass is 350 g/mol. The van der Waals surface area contributed by atoms with Crippen LogP contribution in [-0.4, -0.2) is 41.0 Å². The van der Waals surface area contributed by atoms with Crippen molar-refractivity contribution in [2.45, 2.75) is 0 Å². The Balaban J connectivity index is 2.25. The van der Waals surface area contributed by atoms with Crippen molar-refractivity contribution in [3.8, 4) is 11.8 Å². The Labute approximate surface area is 151 Å². The van der Waals surface area contributed by atoms with Crippen LogP contribution >= 0.6 is 0 Å². The first-order chi connectivity index (χ1) is 12.5. The molecule has 2 aromatic carbocycles. The molecule has 0 heterocycles. The zero-order valence-corrected chi connectivity index (χ0v) is 14.3. The van der Waals surface area contributed by atoms with Crippen molar-refractivity contribution in [3.63, 3.8) is 0 Å². The third-order valence-electron chi connectivity index (χ3n) is 3.52. The van der Waals surface area contributed by atoms with E-state index in [0.717, 1.165) is 11.1 Å². The number of nitrogens with zero attached hydrogens (tertiary/aromatic N) is 2. The molecule has 6 nitrogen and oxygen atoms in total. The van der Waals surface area contributed by atoms with Crippen molar-refractivity contribution in [2.75, 3.05) is 20.1 Å². The fraction of sp³-hybridized carbons (Fsp3) is 0.150. The summed E-state index contributed by atoms with van der Waals surface area (Å²) < 4.78 is 0. The van der Waals surface area contributed by atoms with Gasteiger partial charge < -0.3 is 5.11 Å². The summed E-state index contributed by atoms with van der Waals surface area (Å²) >= 11 is 0. The molecule has 0 saturated heterocycles. The standard InChI is InChI=1S/C20H18N2O4/c1-21(15-20(23)24)14-13-18(17-5-3-2-4-6-17)10-7-16-8-11-19(12-9-16)22(25)26/h2-6,8-9,11-13H,14-15H2,1H3,(H,23,24)/b18-13-. The number of allylic oxidation sites excluding steroid dienone is 1. The molecule has 0 saturated carbocycles. The van der Waals surface area contributed by atoms with Gasteiger partial charge in [-0.25, -0.2) is 0 Å². The molecule has 0 aliphatic rings. The Morgan fingerprint density at radius 1 is 1.19 bits per heavy atom. The second-order valence-corrected chi connectivity index (χ2v) is 5.63. The first kappa shape index (κ1) is 18.9. The lowest BCUT2D eigenvalue weighted by molar-refractivity contribution is -0.384. The summed E-state index contributed by atoms with van der Waals surface area (Å²) in [5, 5.41) is 19.5. The zero-order valence-electron chi connectivity index (χ0n) is 14.3. The van der Waals surface area contributed by atoms with E-state index in [2.05, 4.69) is 11.8 Å². The molecular weight excluding hydrogens is 332 g/mol. The first-order valence-electron chi connectivity index (χ1n) is 7.88. The highest BCUT2D eigenvalue weighted by Crippen LogP contribution is 2.15. The van der Waals surface area contributed by atoms with Gasteiger partial charge in [-0.1, -0.05) is 48.2 Å². The first-order valence-corrected chi connectivity index (χ1v) is 7.88. The van der Waals surface area contributed by atoms with Crippen LogP contribution in [0.5, 0.6) is 0 Å². The molecule has 26 heavy (non-hydrogen) atoms. The van der Waals surface area contributed by atoms with Crippen molar-refractivity contribution in [1.29, 1.82) is 0 Å². The fourth-order valence-corrected chi connectivity index (χ4v) is 2.21. The summed E-state index contributed by atoms with van der Waals surface area (Å²) in [4.78, 5) is 22.7. The van der Waals surface area contributed by atoms with E-state index in [1.807, 2.05) is 36.4 Å². The Morgan fingerprint density at radius 2 is 1.85 bits per heavy atom. The number of benzene rings is 2. The largest absolute Gasteiger partial charge is 0.480 e. The lowest BCUT2D eigenvalue weighted by atomic mass is 10.1. The molecule has 132 valence electrons. The van der Waals surface area contributed by atoms with Crippen LogP contribution in [0.1, 0.15) is 11.1 Å². The highest BCUT2D eigenvalue weighted by Gasteiger charge is 2.05. The number of nitro groups is 1. The number of carboxylic acid groups (broad SMARTS) is 1. The Morgan fingerprint density at radius 3 is 2.42 bits per heavy atom. The van der Waals surface area contributed by atoms with Gasteiger partial charge in [0.15, 0.2) is 0 Å². The number of carbonyl (C=O) groups is 1. The third-order valence-corrected chi connectivity index (χ3v) is 3.52. The SMILES string of the molecule is CN(C/C=C(/C#Cc1ccc([N+](=O)[O-])cc1)c1ccccc1)CC(=O)O. The number of rotatable bonds is 6. The summed E-state index contributed by atoms with van der Waals surface area (Å²) in [6.45, 7) is 0.375. The van der Waals surface area contributed by atoms with Gasteiger partial charge in [0.1, 0.15) is 0 Å². The smallest absolute Gasteiger partial charge is 0.317 e. The molecule has 0 fully saturated rings. The van der Waals surface area contributed by atoms with E-state index >= 15 is 0 Å². The predicted octanol–water partition coefficient (Wildman–Crippen LogP) is 3.05. The minimum Gasteiger partial charge on any atom is -0.480 e. The Bertz CT molecular complexity index is 862. The normalized spacial score (nSPS) is 10.9. The summed E-state index contributed by atoms with van der Waals surface area (Å²) in [6, 6.07) is 15.6. The average Bonchev–Trinajstić information content (AvgIpc) is 2.62. The molecule has 0 radical (unpaired) electrons. The van der Waals surface area contributed by atoms with Gasteiger partial charge in [0, 0.05) is 29.8 Å². The van der Waals surface area contributed by atoms with E-state index in [1.165, 1.54) is 12.1 Å². The van der Waals surface area contributed by atoms with Crippen molar-refractivity contribution < 1.29 is 14.8 Å². The van der Waals surface area contributed by atoms with Crippen LogP contribution < -0.4 is 0 Å². The van der Waals surface area contributed by atoms with E-state index < -0.39 is 10.9 Å². The molecule has 2 rings (SSSR count). The zero-order chi connectivity index (χ0) is 18.9. The maximum absolute atomic E-state index is 10.8. The van der Waals surface area contributed by atoms with Crippen LogP contribution in [0.25, 0.3) is 5.57 Å². The highest BCUT2D eigenvalue weighted by atomic mass is 16.6. The summed E-state index contributed by atoms with van der Waals surface area (Å²) in [5.41, 5.74) is 2.37. The molecule has 0 atom stereocenters. The van der Waals surface area contributed by atoms with Gasteiger partial charge in [-0.05, 0) is 24.7 Å². The number of nitro benzene ring substituents is 1. The van der Waals surface area contributed by atoms with E-state index in [1.54, 1.807) is 24.1 Å². The minimum absolute atomic E-state index is 0.0182. The van der Waals surface area contributed by atoms with Gasteiger partial charge in [-0.2, -0.15) is 0 Å². The molecule has 1 N–H and O–H groups in total. The van der Waals surface area contributed by atoms with Gasteiger partial charge in [-0.3, -0.25) is 19.8 Å². The molecule has 0 amide bonds. The summed E-state index contributed by atoms with van der Waals surface area (Å²) in [5.74, 6) is 5.19. The van der Waals surface area contributed by atoms with Gasteiger partial charge in [0.05, 0.1) is 11.5 Å². The van der Waals surface area contributed by atoms with Crippen LogP contribution in [0.4, 0.5) is 5.69 Å². The molecule has 2 aromatic rings. The number of aliphatic carboxylic acids is 1. The molecule has 0 spiro atoms. The molecule has 0 aliphatic carbocycles. The average molecular weight is 350 g/mol. The molecule has 0 aromatic heterocycles. The maximum atomic E-state index is 10.8. The maximum Gasteiger partial charge on any atom is 0.317 e. The number of carboxylic acids is 1. The fourth-order valence-electron chi connectivity index (χ4n) is 2.21. The van der Waals surface area contributed by atoms with E-state index in [4.69, 9.17) is 5.11 Å². The molecule has 0 aliphatic heterocycles. The quantitative estimate of drug-likeness (QED) is 0.492. The van der Waals surface area contributed by atoms with Crippen LogP contribution in [0.15, 0.2) is 60.7 Å². The van der Waals surface area contributed by atoms with Gasteiger partial charge >= 0.3 is 5.97 Å². The number of hydrogen-bond donors (Lipinski definition) is 1. The lowest BCUT2D eigenvalue weighted by Gasteiger charge is -2.11. The molecule has 0 bridgehead atoms. The van der Waals surface area contributed by atoms with Gasteiger partial charge in [0.2, 0.25) is 0 Å². The molecule has 0 unspecified atom stereocenters. The molecule has 6 heteroatoms. The van der Waals surface area contributed by atoms with Crippen LogP contribution in [-0.2, 0) is 4.79 Å². The molecular formula is C20H18N2O4. The number of hydrogen-bond acceptors (Lipinski definition) is 4. The van der Waals surface area contributed by atoms with Crippen LogP contribution in [0, 0.1) is 22.0 Å². The van der Waals surface area contributed by atoms with E-state index in [0.29, 0.717) is 12.1 Å². The second-order valence-electron chi connectivity index (χ2n) is 5.63. The summed E-state index contributed by atoms with van der Waals surface area (Å²) in [6.07, 6.45) is 1.87. The summed E-state index contributed by atoms with van der Waals surface area (Å²) in [7, 11) is 1.72. The lowest BCUT2D eigenvalue weighted by Crippen LogP contribution is -2.25. The van der Waals surface area contributed by atoms with Crippen molar-refractivity contribution in [3.05, 3.63) is 81.9 Å².